The molecule has 3 atom stereocenters. The minimum absolute atomic E-state index is 0.0336. The summed E-state index contributed by atoms with van der Waals surface area (Å²) in [5.74, 6) is 0.538. The third-order valence-electron chi connectivity index (χ3n) is 3.75. The Bertz CT molecular complexity index is 197. The number of allylic oxidation sites excluding steroid dienone is 2. The van der Waals surface area contributed by atoms with Gasteiger partial charge in [0.05, 0.1) is 6.10 Å². The molecule has 0 spiro atoms. The predicted molar refractivity (Wildman–Crippen MR) is 49.8 cm³/mol. The van der Waals surface area contributed by atoms with Crippen LogP contribution >= 0.6 is 0 Å². The fraction of sp³-hybridized carbons (Fsp3) is 0.818. The van der Waals surface area contributed by atoms with Crippen LogP contribution in [0.1, 0.15) is 39.0 Å². The summed E-state index contributed by atoms with van der Waals surface area (Å²) in [5, 5.41) is 9.84. The van der Waals surface area contributed by atoms with E-state index in [2.05, 4.69) is 19.1 Å². The minimum atomic E-state index is -0.0336. The fourth-order valence-corrected chi connectivity index (χ4v) is 2.86. The number of hydrogen-bond donors (Lipinski definition) is 1. The van der Waals surface area contributed by atoms with Gasteiger partial charge in [-0.2, -0.15) is 0 Å². The third-order valence-corrected chi connectivity index (χ3v) is 3.75. The van der Waals surface area contributed by atoms with Crippen LogP contribution in [0.15, 0.2) is 12.2 Å². The standard InChI is InChI=1S/C11H18O/c1-11-7-3-2-5-9(11)10(12)6-4-8-11/h2-3,9-10,12H,4-8H2,1H3. The van der Waals surface area contributed by atoms with Crippen molar-refractivity contribution in [1.82, 2.24) is 0 Å². The molecule has 0 aromatic rings. The summed E-state index contributed by atoms with van der Waals surface area (Å²) in [5.41, 5.74) is 0.409. The van der Waals surface area contributed by atoms with E-state index in [0.717, 1.165) is 12.8 Å². The molecule has 1 nitrogen and oxygen atoms in total. The molecule has 1 heteroatoms. The van der Waals surface area contributed by atoms with Crippen LogP contribution in [0.3, 0.4) is 0 Å². The Labute approximate surface area is 74.5 Å². The van der Waals surface area contributed by atoms with E-state index in [9.17, 15) is 5.11 Å². The average molecular weight is 166 g/mol. The van der Waals surface area contributed by atoms with Crippen LogP contribution < -0.4 is 0 Å². The molecule has 0 radical (unpaired) electrons. The zero-order valence-corrected chi connectivity index (χ0v) is 7.79. The van der Waals surface area contributed by atoms with E-state index in [1.165, 1.54) is 19.3 Å². The van der Waals surface area contributed by atoms with Gasteiger partial charge in [0.15, 0.2) is 0 Å². The van der Waals surface area contributed by atoms with Gasteiger partial charge in [-0.1, -0.05) is 25.5 Å². The first-order chi connectivity index (χ1) is 5.72. The largest absolute Gasteiger partial charge is 0.393 e. The molecule has 0 heterocycles. The van der Waals surface area contributed by atoms with E-state index < -0.39 is 0 Å². The van der Waals surface area contributed by atoms with Gasteiger partial charge >= 0.3 is 0 Å². The second-order valence-electron chi connectivity index (χ2n) is 4.63. The Morgan fingerprint density at radius 2 is 2.25 bits per heavy atom. The van der Waals surface area contributed by atoms with Crippen molar-refractivity contribution in [3.8, 4) is 0 Å². The Morgan fingerprint density at radius 1 is 1.42 bits per heavy atom. The Kier molecular flexibility index (Phi) is 1.99. The maximum absolute atomic E-state index is 9.84. The fourth-order valence-electron chi connectivity index (χ4n) is 2.86. The van der Waals surface area contributed by atoms with E-state index in [-0.39, 0.29) is 6.10 Å². The molecule has 3 unspecified atom stereocenters. The van der Waals surface area contributed by atoms with Gasteiger partial charge in [0.2, 0.25) is 0 Å². The summed E-state index contributed by atoms with van der Waals surface area (Å²) in [6, 6.07) is 0. The van der Waals surface area contributed by atoms with Gasteiger partial charge in [-0.15, -0.1) is 0 Å². The molecular formula is C11H18O. The number of hydrogen-bond acceptors (Lipinski definition) is 1. The van der Waals surface area contributed by atoms with E-state index >= 15 is 0 Å². The number of rotatable bonds is 0. The Balaban J connectivity index is 2.20. The lowest BCUT2D eigenvalue weighted by atomic mass is 9.61. The van der Waals surface area contributed by atoms with Crippen molar-refractivity contribution >= 4 is 0 Å². The molecule has 2 aliphatic rings. The third kappa shape index (κ3) is 1.20. The molecule has 12 heavy (non-hydrogen) atoms. The highest BCUT2D eigenvalue weighted by Gasteiger charge is 2.41. The molecule has 2 aliphatic carbocycles. The highest BCUT2D eigenvalue weighted by Crippen LogP contribution is 2.47. The quantitative estimate of drug-likeness (QED) is 0.548. The van der Waals surface area contributed by atoms with Crippen molar-refractivity contribution in [3.05, 3.63) is 12.2 Å². The molecular weight excluding hydrogens is 148 g/mol. The molecule has 2 rings (SSSR count). The first-order valence-electron chi connectivity index (χ1n) is 5.05. The van der Waals surface area contributed by atoms with Gasteiger partial charge in [-0.05, 0) is 37.0 Å². The summed E-state index contributed by atoms with van der Waals surface area (Å²) < 4.78 is 0. The molecule has 68 valence electrons. The SMILES string of the molecule is CC12CC=CCC1C(O)CCC2. The van der Waals surface area contributed by atoms with Crippen LogP contribution in [0.5, 0.6) is 0 Å². The van der Waals surface area contributed by atoms with E-state index in [1.807, 2.05) is 0 Å². The van der Waals surface area contributed by atoms with Gasteiger partial charge in [0.25, 0.3) is 0 Å². The van der Waals surface area contributed by atoms with Gasteiger partial charge in [-0.25, -0.2) is 0 Å². The van der Waals surface area contributed by atoms with Crippen molar-refractivity contribution < 1.29 is 5.11 Å². The lowest BCUT2D eigenvalue weighted by Crippen LogP contribution is -2.40. The predicted octanol–water partition coefficient (Wildman–Crippen LogP) is 2.50. The van der Waals surface area contributed by atoms with Crippen molar-refractivity contribution in [2.75, 3.05) is 0 Å². The normalized spacial score (nSPS) is 47.2. The Morgan fingerprint density at radius 3 is 3.00 bits per heavy atom. The first kappa shape index (κ1) is 8.31. The highest BCUT2D eigenvalue weighted by molar-refractivity contribution is 5.04. The Hall–Kier alpha value is -0.300. The van der Waals surface area contributed by atoms with E-state index in [1.54, 1.807) is 0 Å². The van der Waals surface area contributed by atoms with Crippen LogP contribution in [0.2, 0.25) is 0 Å². The van der Waals surface area contributed by atoms with E-state index in [4.69, 9.17) is 0 Å². The van der Waals surface area contributed by atoms with Crippen molar-refractivity contribution in [2.24, 2.45) is 11.3 Å². The highest BCUT2D eigenvalue weighted by atomic mass is 16.3. The molecule has 1 N–H and O–H groups in total. The second-order valence-corrected chi connectivity index (χ2v) is 4.63. The van der Waals surface area contributed by atoms with Crippen LogP contribution in [0.25, 0.3) is 0 Å². The van der Waals surface area contributed by atoms with Gasteiger partial charge < -0.3 is 5.11 Å². The first-order valence-corrected chi connectivity index (χ1v) is 5.05. The molecule has 0 aliphatic heterocycles. The molecule has 0 aromatic heterocycles. The zero-order chi connectivity index (χ0) is 8.60. The molecule has 1 saturated carbocycles. The number of fused-ring (bicyclic) bond motifs is 1. The number of aliphatic hydroxyl groups excluding tert-OH is 1. The van der Waals surface area contributed by atoms with Crippen molar-refractivity contribution in [1.29, 1.82) is 0 Å². The summed E-state index contributed by atoms with van der Waals surface area (Å²) in [6.07, 6.45) is 10.3. The molecule has 0 saturated heterocycles. The second kappa shape index (κ2) is 2.88. The molecule has 0 amide bonds. The summed E-state index contributed by atoms with van der Waals surface area (Å²) in [7, 11) is 0. The van der Waals surface area contributed by atoms with Crippen molar-refractivity contribution in [3.63, 3.8) is 0 Å². The summed E-state index contributed by atoms with van der Waals surface area (Å²) >= 11 is 0. The average Bonchev–Trinajstić information content (AvgIpc) is 2.04. The van der Waals surface area contributed by atoms with E-state index in [0.29, 0.717) is 11.3 Å². The molecule has 0 bridgehead atoms. The lowest BCUT2D eigenvalue weighted by molar-refractivity contribution is -0.0190. The maximum Gasteiger partial charge on any atom is 0.0576 e. The monoisotopic (exact) mass is 166 g/mol. The molecule has 0 aromatic carbocycles. The van der Waals surface area contributed by atoms with Crippen LogP contribution in [-0.2, 0) is 0 Å². The van der Waals surface area contributed by atoms with Crippen molar-refractivity contribution in [2.45, 2.75) is 45.1 Å². The van der Waals surface area contributed by atoms with Gasteiger partial charge in [0.1, 0.15) is 0 Å². The van der Waals surface area contributed by atoms with Crippen LogP contribution in [0, 0.1) is 11.3 Å². The summed E-state index contributed by atoms with van der Waals surface area (Å²) in [4.78, 5) is 0. The smallest absolute Gasteiger partial charge is 0.0576 e. The minimum Gasteiger partial charge on any atom is -0.393 e. The number of aliphatic hydroxyl groups is 1. The van der Waals surface area contributed by atoms with Crippen LogP contribution in [-0.4, -0.2) is 11.2 Å². The lowest BCUT2D eigenvalue weighted by Gasteiger charge is -2.45. The maximum atomic E-state index is 9.84. The van der Waals surface area contributed by atoms with Gasteiger partial charge in [-0.3, -0.25) is 0 Å². The molecule has 1 fully saturated rings. The van der Waals surface area contributed by atoms with Crippen LogP contribution in [0.4, 0.5) is 0 Å². The summed E-state index contributed by atoms with van der Waals surface area (Å²) in [6.45, 7) is 2.34. The zero-order valence-electron chi connectivity index (χ0n) is 7.79. The van der Waals surface area contributed by atoms with Gasteiger partial charge in [0, 0.05) is 0 Å². The topological polar surface area (TPSA) is 20.2 Å².